The highest BCUT2D eigenvalue weighted by Gasteiger charge is 2.20. The van der Waals surface area contributed by atoms with Crippen molar-refractivity contribution in [3.05, 3.63) is 28.8 Å². The molecule has 0 heterocycles. The van der Waals surface area contributed by atoms with Gasteiger partial charge in [0.05, 0.1) is 12.2 Å². The molecule has 1 aromatic carbocycles. The van der Waals surface area contributed by atoms with Crippen LogP contribution in [0.1, 0.15) is 33.2 Å². The Bertz CT molecular complexity index is 466. The lowest BCUT2D eigenvalue weighted by Gasteiger charge is -2.14. The van der Waals surface area contributed by atoms with E-state index in [1.807, 2.05) is 0 Å². The van der Waals surface area contributed by atoms with Crippen molar-refractivity contribution in [1.82, 2.24) is 0 Å². The van der Waals surface area contributed by atoms with Crippen LogP contribution in [0.2, 0.25) is 0 Å². The second-order valence-electron chi connectivity index (χ2n) is 3.50. The Labute approximate surface area is 103 Å². The van der Waals surface area contributed by atoms with Crippen molar-refractivity contribution >= 4 is 11.9 Å². The van der Waals surface area contributed by atoms with Crippen LogP contribution in [0.3, 0.4) is 0 Å². The zero-order chi connectivity index (χ0) is 13.7. The van der Waals surface area contributed by atoms with E-state index < -0.39 is 11.9 Å². The predicted molar refractivity (Wildman–Crippen MR) is 62.3 cm³/mol. The smallest absolute Gasteiger partial charge is 0.339 e. The average Bonchev–Trinajstić information content (AvgIpc) is 2.34. The summed E-state index contributed by atoms with van der Waals surface area (Å²) >= 11 is 0. The highest BCUT2D eigenvalue weighted by Crippen LogP contribution is 2.28. The lowest BCUT2D eigenvalue weighted by atomic mass is 10.00. The summed E-state index contributed by atoms with van der Waals surface area (Å²) < 4.78 is 5.17. The maximum absolute atomic E-state index is 11.0. The SMILES string of the molecule is CCc1c(C(=O)O)ccc(C(=O)O)c1OCCO. The Morgan fingerprint density at radius 1 is 1.17 bits per heavy atom. The molecule has 0 radical (unpaired) electrons. The average molecular weight is 254 g/mol. The van der Waals surface area contributed by atoms with E-state index in [1.54, 1.807) is 6.92 Å². The van der Waals surface area contributed by atoms with Crippen LogP contribution in [-0.2, 0) is 6.42 Å². The number of rotatable bonds is 6. The van der Waals surface area contributed by atoms with E-state index in [4.69, 9.17) is 20.1 Å². The lowest BCUT2D eigenvalue weighted by Crippen LogP contribution is -2.12. The van der Waals surface area contributed by atoms with E-state index in [2.05, 4.69) is 0 Å². The van der Waals surface area contributed by atoms with Crippen LogP contribution in [0.5, 0.6) is 5.75 Å². The Hall–Kier alpha value is -2.08. The van der Waals surface area contributed by atoms with Crippen molar-refractivity contribution in [2.75, 3.05) is 13.2 Å². The van der Waals surface area contributed by atoms with E-state index in [1.165, 1.54) is 12.1 Å². The van der Waals surface area contributed by atoms with Gasteiger partial charge >= 0.3 is 11.9 Å². The molecular weight excluding hydrogens is 240 g/mol. The largest absolute Gasteiger partial charge is 0.490 e. The number of aliphatic hydroxyl groups is 1. The molecule has 0 fully saturated rings. The van der Waals surface area contributed by atoms with Crippen molar-refractivity contribution in [1.29, 1.82) is 0 Å². The summed E-state index contributed by atoms with van der Waals surface area (Å²) in [5, 5.41) is 26.8. The number of aromatic carboxylic acids is 2. The van der Waals surface area contributed by atoms with Crippen LogP contribution in [0.25, 0.3) is 0 Å². The first-order valence-electron chi connectivity index (χ1n) is 5.39. The molecule has 1 rings (SSSR count). The number of hydrogen-bond donors (Lipinski definition) is 3. The minimum absolute atomic E-state index is 0.00967. The molecule has 6 heteroatoms. The van der Waals surface area contributed by atoms with Crippen LogP contribution in [0.4, 0.5) is 0 Å². The molecule has 0 spiro atoms. The van der Waals surface area contributed by atoms with Gasteiger partial charge in [-0.1, -0.05) is 6.92 Å². The van der Waals surface area contributed by atoms with Gasteiger partial charge in [0, 0.05) is 5.56 Å². The molecule has 0 aliphatic rings. The minimum Gasteiger partial charge on any atom is -0.490 e. The normalized spacial score (nSPS) is 10.1. The van der Waals surface area contributed by atoms with Crippen molar-refractivity contribution < 1.29 is 29.6 Å². The van der Waals surface area contributed by atoms with Crippen molar-refractivity contribution in [3.8, 4) is 5.75 Å². The zero-order valence-electron chi connectivity index (χ0n) is 9.84. The van der Waals surface area contributed by atoms with Crippen LogP contribution in [0, 0.1) is 0 Å². The molecular formula is C12H14O6. The van der Waals surface area contributed by atoms with Crippen LogP contribution in [-0.4, -0.2) is 40.5 Å². The molecule has 0 unspecified atom stereocenters. The maximum Gasteiger partial charge on any atom is 0.339 e. The summed E-state index contributed by atoms with van der Waals surface area (Å²) in [5.41, 5.74) is 0.219. The van der Waals surface area contributed by atoms with E-state index in [0.29, 0.717) is 12.0 Å². The Balaban J connectivity index is 3.40. The first kappa shape index (κ1) is 14.0. The highest BCUT2D eigenvalue weighted by molar-refractivity contribution is 5.96. The number of hydrogen-bond acceptors (Lipinski definition) is 4. The predicted octanol–water partition coefficient (Wildman–Crippen LogP) is 1.02. The number of aliphatic hydroxyl groups excluding tert-OH is 1. The molecule has 98 valence electrons. The first-order valence-corrected chi connectivity index (χ1v) is 5.39. The maximum atomic E-state index is 11.0. The summed E-state index contributed by atoms with van der Waals surface area (Å²) in [6.07, 6.45) is 0.323. The van der Waals surface area contributed by atoms with E-state index in [9.17, 15) is 9.59 Å². The van der Waals surface area contributed by atoms with Gasteiger partial charge in [0.25, 0.3) is 0 Å². The number of carboxylic acid groups (broad SMARTS) is 2. The third kappa shape index (κ3) is 2.78. The monoisotopic (exact) mass is 254 g/mol. The second-order valence-corrected chi connectivity index (χ2v) is 3.50. The van der Waals surface area contributed by atoms with Gasteiger partial charge in [-0.25, -0.2) is 9.59 Å². The van der Waals surface area contributed by atoms with E-state index in [0.717, 1.165) is 0 Å². The van der Waals surface area contributed by atoms with Crippen molar-refractivity contribution in [3.63, 3.8) is 0 Å². The molecule has 0 saturated heterocycles. The fourth-order valence-electron chi connectivity index (χ4n) is 1.66. The van der Waals surface area contributed by atoms with Gasteiger partial charge in [-0.05, 0) is 18.6 Å². The molecule has 0 aromatic heterocycles. The zero-order valence-corrected chi connectivity index (χ0v) is 9.84. The summed E-state index contributed by atoms with van der Waals surface area (Å²) in [6.45, 7) is 1.34. The second kappa shape index (κ2) is 6.02. The lowest BCUT2D eigenvalue weighted by molar-refractivity contribution is 0.0674. The molecule has 1 aromatic rings. The van der Waals surface area contributed by atoms with Gasteiger partial charge in [0.1, 0.15) is 17.9 Å². The van der Waals surface area contributed by atoms with Crippen LogP contribution < -0.4 is 4.74 Å². The quantitative estimate of drug-likeness (QED) is 0.700. The van der Waals surface area contributed by atoms with Gasteiger partial charge in [0.15, 0.2) is 0 Å². The number of carboxylic acids is 2. The minimum atomic E-state index is -1.20. The van der Waals surface area contributed by atoms with Gasteiger partial charge in [-0.3, -0.25) is 0 Å². The molecule has 0 atom stereocenters. The molecule has 0 aliphatic heterocycles. The van der Waals surface area contributed by atoms with Gasteiger partial charge in [0.2, 0.25) is 0 Å². The van der Waals surface area contributed by atoms with E-state index in [-0.39, 0.29) is 30.1 Å². The molecule has 6 nitrogen and oxygen atoms in total. The first-order chi connectivity index (χ1) is 8.52. The molecule has 0 aliphatic carbocycles. The molecule has 0 amide bonds. The Morgan fingerprint density at radius 2 is 1.72 bits per heavy atom. The van der Waals surface area contributed by atoms with Crippen LogP contribution >= 0.6 is 0 Å². The number of benzene rings is 1. The van der Waals surface area contributed by atoms with Gasteiger partial charge in [-0.15, -0.1) is 0 Å². The fourth-order valence-corrected chi connectivity index (χ4v) is 1.66. The third-order valence-corrected chi connectivity index (χ3v) is 2.41. The number of carbonyl (C=O) groups is 2. The summed E-state index contributed by atoms with van der Waals surface area (Å²) in [5.74, 6) is -2.33. The molecule has 0 saturated carbocycles. The Kier molecular flexibility index (Phi) is 4.67. The number of ether oxygens (including phenoxy) is 1. The standard InChI is InChI=1S/C12H14O6/c1-2-7-8(11(14)15)3-4-9(12(16)17)10(7)18-6-5-13/h3-4,13H,2,5-6H2,1H3,(H,14,15)(H,16,17). The Morgan fingerprint density at radius 3 is 2.17 bits per heavy atom. The van der Waals surface area contributed by atoms with Crippen LogP contribution in [0.15, 0.2) is 12.1 Å². The van der Waals surface area contributed by atoms with E-state index >= 15 is 0 Å². The third-order valence-electron chi connectivity index (χ3n) is 2.41. The van der Waals surface area contributed by atoms with Gasteiger partial charge < -0.3 is 20.1 Å². The van der Waals surface area contributed by atoms with Crippen molar-refractivity contribution in [2.24, 2.45) is 0 Å². The summed E-state index contributed by atoms with van der Waals surface area (Å²) in [7, 11) is 0. The summed E-state index contributed by atoms with van der Waals surface area (Å²) in [6, 6.07) is 2.44. The van der Waals surface area contributed by atoms with Gasteiger partial charge in [-0.2, -0.15) is 0 Å². The molecule has 0 bridgehead atoms. The fraction of sp³-hybridized carbons (Fsp3) is 0.333. The topological polar surface area (TPSA) is 104 Å². The highest BCUT2D eigenvalue weighted by atomic mass is 16.5. The molecule has 3 N–H and O–H groups in total. The molecule has 18 heavy (non-hydrogen) atoms. The summed E-state index contributed by atoms with van der Waals surface area (Å²) in [4.78, 5) is 22.1. The van der Waals surface area contributed by atoms with Crippen molar-refractivity contribution in [2.45, 2.75) is 13.3 Å².